The number of nitrogens with zero attached hydrogens (tertiary/aromatic N) is 3. The Morgan fingerprint density at radius 3 is 2.65 bits per heavy atom. The van der Waals surface area contributed by atoms with Crippen LogP contribution >= 0.6 is 11.6 Å². The van der Waals surface area contributed by atoms with Crippen molar-refractivity contribution in [1.82, 2.24) is 9.78 Å². The summed E-state index contributed by atoms with van der Waals surface area (Å²) in [5.74, 6) is -0.0365. The summed E-state index contributed by atoms with van der Waals surface area (Å²) >= 11 is 6.03. The van der Waals surface area contributed by atoms with Crippen LogP contribution < -0.4 is 15.8 Å². The van der Waals surface area contributed by atoms with Gasteiger partial charge in [-0.15, -0.1) is 0 Å². The minimum atomic E-state index is -0.414. The van der Waals surface area contributed by atoms with Crippen LogP contribution in [-0.4, -0.2) is 28.3 Å². The summed E-state index contributed by atoms with van der Waals surface area (Å²) in [5.41, 5.74) is 2.02. The van der Waals surface area contributed by atoms with Crippen molar-refractivity contribution in [2.75, 3.05) is 16.8 Å². The fourth-order valence-corrected chi connectivity index (χ4v) is 2.82. The van der Waals surface area contributed by atoms with Crippen LogP contribution in [0.15, 0.2) is 35.3 Å². The molecule has 1 saturated heterocycles. The van der Waals surface area contributed by atoms with Gasteiger partial charge in [-0.3, -0.25) is 9.59 Å². The van der Waals surface area contributed by atoms with Gasteiger partial charge in [0.05, 0.1) is 11.9 Å². The molecule has 23 heavy (non-hydrogen) atoms. The van der Waals surface area contributed by atoms with E-state index in [9.17, 15) is 9.59 Å². The monoisotopic (exact) mass is 332 g/mol. The van der Waals surface area contributed by atoms with Gasteiger partial charge in [0.1, 0.15) is 11.1 Å². The molecule has 3 rings (SSSR count). The van der Waals surface area contributed by atoms with E-state index in [1.165, 1.54) is 13.2 Å². The number of aryl methyl sites for hydroxylation is 2. The van der Waals surface area contributed by atoms with Crippen molar-refractivity contribution >= 4 is 28.9 Å². The lowest BCUT2D eigenvalue weighted by atomic mass is 10.2. The van der Waals surface area contributed by atoms with Gasteiger partial charge in [-0.25, -0.2) is 4.68 Å². The first-order chi connectivity index (χ1) is 11.0. The number of hydrogen-bond acceptors (Lipinski definition) is 4. The molecule has 6 nitrogen and oxygen atoms in total. The number of hydrogen-bond donors (Lipinski definition) is 1. The molecule has 1 atom stereocenters. The van der Waals surface area contributed by atoms with Crippen LogP contribution in [0.1, 0.15) is 12.0 Å². The molecule has 1 amide bonds. The first-order valence-corrected chi connectivity index (χ1v) is 7.71. The zero-order valence-electron chi connectivity index (χ0n) is 12.9. The molecule has 1 unspecified atom stereocenters. The molecule has 1 aromatic carbocycles. The fourth-order valence-electron chi connectivity index (χ4n) is 2.59. The molecule has 7 heteroatoms. The van der Waals surface area contributed by atoms with Crippen molar-refractivity contribution < 1.29 is 4.79 Å². The summed E-state index contributed by atoms with van der Waals surface area (Å²) < 4.78 is 1.16. The molecular formula is C16H17ClN4O2. The number of rotatable bonds is 3. The highest BCUT2D eigenvalue weighted by Crippen LogP contribution is 2.25. The van der Waals surface area contributed by atoms with E-state index in [0.717, 1.165) is 15.9 Å². The Balaban J connectivity index is 1.79. The third-order valence-electron chi connectivity index (χ3n) is 3.96. The van der Waals surface area contributed by atoms with Gasteiger partial charge < -0.3 is 10.2 Å². The van der Waals surface area contributed by atoms with Crippen LogP contribution in [0.25, 0.3) is 0 Å². The molecule has 1 aliphatic rings. The van der Waals surface area contributed by atoms with Crippen molar-refractivity contribution in [2.24, 2.45) is 7.05 Å². The first-order valence-electron chi connectivity index (χ1n) is 7.34. The van der Waals surface area contributed by atoms with E-state index in [2.05, 4.69) is 10.4 Å². The maximum atomic E-state index is 12.6. The minimum absolute atomic E-state index is 0.0365. The summed E-state index contributed by atoms with van der Waals surface area (Å²) in [7, 11) is 1.53. The van der Waals surface area contributed by atoms with E-state index < -0.39 is 11.6 Å². The Morgan fingerprint density at radius 1 is 1.26 bits per heavy atom. The summed E-state index contributed by atoms with van der Waals surface area (Å²) in [5, 5.41) is 7.01. The predicted octanol–water partition coefficient (Wildman–Crippen LogP) is 1.96. The number of carbonyl (C=O) groups excluding carboxylic acids is 1. The molecule has 1 fully saturated rings. The molecule has 1 aromatic heterocycles. The number of carbonyl (C=O) groups is 1. The quantitative estimate of drug-likeness (QED) is 0.933. The Bertz CT molecular complexity index is 801. The van der Waals surface area contributed by atoms with Crippen LogP contribution in [0.2, 0.25) is 5.02 Å². The van der Waals surface area contributed by atoms with E-state index >= 15 is 0 Å². The van der Waals surface area contributed by atoms with Crippen LogP contribution in [0.4, 0.5) is 11.4 Å². The zero-order chi connectivity index (χ0) is 16.6. The average molecular weight is 333 g/mol. The largest absolute Gasteiger partial charge is 0.371 e. The molecule has 2 aromatic rings. The summed E-state index contributed by atoms with van der Waals surface area (Å²) in [6.45, 7) is 2.63. The van der Waals surface area contributed by atoms with Crippen molar-refractivity contribution in [3.05, 3.63) is 51.4 Å². The lowest BCUT2D eigenvalue weighted by molar-refractivity contribution is -0.117. The highest BCUT2D eigenvalue weighted by molar-refractivity contribution is 6.33. The molecule has 1 N–H and O–H groups in total. The smallest absolute Gasteiger partial charge is 0.287 e. The van der Waals surface area contributed by atoms with Crippen molar-refractivity contribution in [2.45, 2.75) is 19.4 Å². The van der Waals surface area contributed by atoms with E-state index in [-0.39, 0.29) is 10.9 Å². The lowest BCUT2D eigenvalue weighted by Gasteiger charge is -2.18. The molecule has 2 heterocycles. The van der Waals surface area contributed by atoms with Gasteiger partial charge in [-0.1, -0.05) is 29.3 Å². The molecule has 0 bridgehead atoms. The number of nitrogens with one attached hydrogen (secondary N) is 1. The topological polar surface area (TPSA) is 67.2 Å². The van der Waals surface area contributed by atoms with E-state index in [0.29, 0.717) is 18.7 Å². The van der Waals surface area contributed by atoms with Crippen molar-refractivity contribution in [3.8, 4) is 0 Å². The number of halogens is 1. The Hall–Kier alpha value is -2.34. The van der Waals surface area contributed by atoms with Gasteiger partial charge in [0.2, 0.25) is 5.91 Å². The molecule has 0 aliphatic carbocycles. The molecule has 0 saturated carbocycles. The maximum absolute atomic E-state index is 12.6. The molecule has 120 valence electrons. The van der Waals surface area contributed by atoms with Gasteiger partial charge in [-0.05, 0) is 25.5 Å². The maximum Gasteiger partial charge on any atom is 0.287 e. The van der Waals surface area contributed by atoms with Gasteiger partial charge in [-0.2, -0.15) is 5.10 Å². The highest BCUT2D eigenvalue weighted by atomic mass is 35.5. The summed E-state index contributed by atoms with van der Waals surface area (Å²) in [4.78, 5) is 26.1. The molecule has 0 spiro atoms. The van der Waals surface area contributed by atoms with Gasteiger partial charge in [0.25, 0.3) is 5.56 Å². The average Bonchev–Trinajstić information content (AvgIpc) is 2.90. The molecule has 0 radical (unpaired) electrons. The number of benzene rings is 1. The third-order valence-corrected chi connectivity index (χ3v) is 4.32. The number of anilines is 2. The highest BCUT2D eigenvalue weighted by Gasteiger charge is 2.33. The third kappa shape index (κ3) is 2.94. The molecule has 1 aliphatic heterocycles. The SMILES string of the molecule is Cc1ccc(N2CCC(Nc3cnn(C)c(=O)c3Cl)C2=O)cc1. The minimum Gasteiger partial charge on any atom is -0.371 e. The number of aromatic nitrogens is 2. The second kappa shape index (κ2) is 6.04. The van der Waals surface area contributed by atoms with E-state index in [1.807, 2.05) is 31.2 Å². The van der Waals surface area contributed by atoms with Crippen molar-refractivity contribution in [3.63, 3.8) is 0 Å². The van der Waals surface area contributed by atoms with Crippen LogP contribution in [0.5, 0.6) is 0 Å². The first kappa shape index (κ1) is 15.6. The number of amides is 1. The Morgan fingerprint density at radius 2 is 1.96 bits per heavy atom. The van der Waals surface area contributed by atoms with Gasteiger partial charge >= 0.3 is 0 Å². The normalized spacial score (nSPS) is 17.6. The van der Waals surface area contributed by atoms with Crippen LogP contribution in [-0.2, 0) is 11.8 Å². The van der Waals surface area contributed by atoms with Gasteiger partial charge in [0, 0.05) is 19.3 Å². The zero-order valence-corrected chi connectivity index (χ0v) is 13.7. The van der Waals surface area contributed by atoms with Gasteiger partial charge in [0.15, 0.2) is 0 Å². The fraction of sp³-hybridized carbons (Fsp3) is 0.312. The second-order valence-corrected chi connectivity index (χ2v) is 5.99. The van der Waals surface area contributed by atoms with Crippen LogP contribution in [0.3, 0.4) is 0 Å². The van der Waals surface area contributed by atoms with Crippen LogP contribution in [0, 0.1) is 6.92 Å². The van der Waals surface area contributed by atoms with E-state index in [1.54, 1.807) is 4.90 Å². The second-order valence-electron chi connectivity index (χ2n) is 5.61. The van der Waals surface area contributed by atoms with E-state index in [4.69, 9.17) is 11.6 Å². The molecular weight excluding hydrogens is 316 g/mol. The standard InChI is InChI=1S/C16H17ClN4O2/c1-10-3-5-11(6-4-10)21-8-7-12(15(21)22)19-13-9-18-20(2)16(23)14(13)17/h3-6,9,12,19H,7-8H2,1-2H3. The lowest BCUT2D eigenvalue weighted by Crippen LogP contribution is -2.34. The van der Waals surface area contributed by atoms with Crippen molar-refractivity contribution in [1.29, 1.82) is 0 Å². The summed E-state index contributed by atoms with van der Waals surface area (Å²) in [6, 6.07) is 7.41. The summed E-state index contributed by atoms with van der Waals surface area (Å²) in [6.07, 6.45) is 2.10. The predicted molar refractivity (Wildman–Crippen MR) is 90.0 cm³/mol. The Labute approximate surface area is 138 Å². The Kier molecular flexibility index (Phi) is 4.09.